The minimum absolute atomic E-state index is 0.00116. The maximum atomic E-state index is 12.2. The summed E-state index contributed by atoms with van der Waals surface area (Å²) in [6, 6.07) is 12.1. The first-order valence-electron chi connectivity index (χ1n) is 8.64. The van der Waals surface area contributed by atoms with E-state index in [4.69, 9.17) is 4.74 Å². The van der Waals surface area contributed by atoms with E-state index in [1.54, 1.807) is 4.90 Å². The number of morpholine rings is 1. The molecule has 1 aliphatic rings. The van der Waals surface area contributed by atoms with Crippen molar-refractivity contribution in [1.82, 2.24) is 9.88 Å². The first-order chi connectivity index (χ1) is 12.7. The summed E-state index contributed by atoms with van der Waals surface area (Å²) in [5.41, 5.74) is 0.896. The van der Waals surface area contributed by atoms with Crippen LogP contribution in [0.25, 0.3) is 21.0 Å². The van der Waals surface area contributed by atoms with Gasteiger partial charge < -0.3 is 15.0 Å². The molecular formula is C19H19N3O3S. The summed E-state index contributed by atoms with van der Waals surface area (Å²) in [6.07, 6.45) is 0.368. The lowest BCUT2D eigenvalue weighted by Gasteiger charge is -2.26. The highest BCUT2D eigenvalue weighted by atomic mass is 32.1. The molecule has 1 N–H and O–H groups in total. The van der Waals surface area contributed by atoms with Crippen molar-refractivity contribution in [3.05, 3.63) is 36.4 Å². The van der Waals surface area contributed by atoms with Gasteiger partial charge in [-0.25, -0.2) is 4.98 Å². The van der Waals surface area contributed by atoms with Crippen LogP contribution in [0.5, 0.6) is 0 Å². The Morgan fingerprint density at radius 3 is 2.77 bits per heavy atom. The van der Waals surface area contributed by atoms with Gasteiger partial charge in [0.15, 0.2) is 5.13 Å². The van der Waals surface area contributed by atoms with Crippen LogP contribution in [-0.2, 0) is 14.3 Å². The molecule has 0 saturated carbocycles. The van der Waals surface area contributed by atoms with Gasteiger partial charge in [-0.05, 0) is 11.5 Å². The smallest absolute Gasteiger partial charge is 0.226 e. The Morgan fingerprint density at radius 2 is 1.92 bits per heavy atom. The molecular weight excluding hydrogens is 350 g/mol. The van der Waals surface area contributed by atoms with Crippen molar-refractivity contribution in [2.24, 2.45) is 0 Å². The second-order valence-corrected chi connectivity index (χ2v) is 7.22. The van der Waals surface area contributed by atoms with E-state index < -0.39 is 0 Å². The number of benzene rings is 2. The van der Waals surface area contributed by atoms with E-state index in [9.17, 15) is 9.59 Å². The lowest BCUT2D eigenvalue weighted by Crippen LogP contribution is -2.40. The van der Waals surface area contributed by atoms with Gasteiger partial charge >= 0.3 is 0 Å². The molecule has 26 heavy (non-hydrogen) atoms. The Hall–Kier alpha value is -2.51. The number of anilines is 1. The first-order valence-corrected chi connectivity index (χ1v) is 9.46. The van der Waals surface area contributed by atoms with Crippen LogP contribution in [0.2, 0.25) is 0 Å². The summed E-state index contributed by atoms with van der Waals surface area (Å²) in [4.78, 5) is 30.6. The van der Waals surface area contributed by atoms with E-state index in [2.05, 4.69) is 16.4 Å². The Labute approximate surface area is 154 Å². The van der Waals surface area contributed by atoms with Crippen molar-refractivity contribution in [2.45, 2.75) is 12.8 Å². The van der Waals surface area contributed by atoms with Gasteiger partial charge in [-0.3, -0.25) is 9.59 Å². The number of hydrogen-bond donors (Lipinski definition) is 1. The maximum absolute atomic E-state index is 12.2. The molecule has 1 saturated heterocycles. The third-order valence-corrected chi connectivity index (χ3v) is 5.40. The number of aromatic nitrogens is 1. The largest absolute Gasteiger partial charge is 0.378 e. The second kappa shape index (κ2) is 7.39. The van der Waals surface area contributed by atoms with Crippen molar-refractivity contribution in [2.75, 3.05) is 31.6 Å². The van der Waals surface area contributed by atoms with Crippen LogP contribution < -0.4 is 5.32 Å². The van der Waals surface area contributed by atoms with Crippen LogP contribution >= 0.6 is 11.3 Å². The third kappa shape index (κ3) is 3.54. The lowest BCUT2D eigenvalue weighted by atomic mass is 10.1. The average Bonchev–Trinajstić information content (AvgIpc) is 3.09. The molecule has 0 radical (unpaired) electrons. The van der Waals surface area contributed by atoms with Gasteiger partial charge in [-0.1, -0.05) is 41.7 Å². The minimum atomic E-state index is -0.185. The topological polar surface area (TPSA) is 71.5 Å². The molecule has 2 aromatic carbocycles. The lowest BCUT2D eigenvalue weighted by molar-refractivity contribution is -0.136. The number of nitrogens with one attached hydrogen (secondary N) is 1. The molecule has 0 bridgehead atoms. The fraction of sp³-hybridized carbons (Fsp3) is 0.316. The molecule has 0 atom stereocenters. The highest BCUT2D eigenvalue weighted by Crippen LogP contribution is 2.31. The van der Waals surface area contributed by atoms with Crippen LogP contribution in [0.15, 0.2) is 36.4 Å². The van der Waals surface area contributed by atoms with Gasteiger partial charge in [0.2, 0.25) is 11.8 Å². The summed E-state index contributed by atoms with van der Waals surface area (Å²) >= 11 is 1.45. The van der Waals surface area contributed by atoms with Gasteiger partial charge in [0.25, 0.3) is 0 Å². The van der Waals surface area contributed by atoms with Gasteiger partial charge in [-0.15, -0.1) is 0 Å². The fourth-order valence-corrected chi connectivity index (χ4v) is 3.99. The molecule has 1 aromatic heterocycles. The Bertz CT molecular complexity index is 963. The predicted molar refractivity (Wildman–Crippen MR) is 102 cm³/mol. The molecule has 134 valence electrons. The van der Waals surface area contributed by atoms with Crippen LogP contribution in [0.3, 0.4) is 0 Å². The third-order valence-electron chi connectivity index (χ3n) is 4.46. The van der Waals surface area contributed by atoms with Crippen LogP contribution in [0, 0.1) is 0 Å². The van der Waals surface area contributed by atoms with Crippen LogP contribution in [0.4, 0.5) is 5.13 Å². The molecule has 1 aliphatic heterocycles. The van der Waals surface area contributed by atoms with Crippen molar-refractivity contribution in [1.29, 1.82) is 0 Å². The zero-order chi connectivity index (χ0) is 17.9. The molecule has 7 heteroatoms. The quantitative estimate of drug-likeness (QED) is 0.767. The number of nitrogens with zero attached hydrogens (tertiary/aromatic N) is 2. The summed E-state index contributed by atoms with van der Waals surface area (Å²) < 4.78 is 6.26. The van der Waals surface area contributed by atoms with Gasteiger partial charge in [0, 0.05) is 31.3 Å². The number of hydrogen-bond acceptors (Lipinski definition) is 5. The summed E-state index contributed by atoms with van der Waals surface area (Å²) in [7, 11) is 0. The van der Waals surface area contributed by atoms with E-state index >= 15 is 0 Å². The number of carbonyl (C=O) groups excluding carboxylic acids is 2. The summed E-state index contributed by atoms with van der Waals surface area (Å²) in [6.45, 7) is 2.34. The van der Waals surface area contributed by atoms with E-state index in [0.717, 1.165) is 21.0 Å². The Morgan fingerprint density at radius 1 is 1.12 bits per heavy atom. The SMILES string of the molecule is O=C(CCC(=O)N1CCOCC1)Nc1nc2c(ccc3ccccc32)s1. The van der Waals surface area contributed by atoms with E-state index in [-0.39, 0.29) is 24.7 Å². The molecule has 0 aliphatic carbocycles. The van der Waals surface area contributed by atoms with Gasteiger partial charge in [0.05, 0.1) is 23.4 Å². The van der Waals surface area contributed by atoms with Crippen molar-refractivity contribution >= 4 is 49.3 Å². The molecule has 6 nitrogen and oxygen atoms in total. The highest BCUT2D eigenvalue weighted by Gasteiger charge is 2.18. The van der Waals surface area contributed by atoms with Crippen LogP contribution in [0.1, 0.15) is 12.8 Å². The molecule has 1 fully saturated rings. The number of thiazole rings is 1. The van der Waals surface area contributed by atoms with Crippen molar-refractivity contribution < 1.29 is 14.3 Å². The Balaban J connectivity index is 1.41. The van der Waals surface area contributed by atoms with E-state index in [0.29, 0.717) is 31.4 Å². The molecule has 3 aromatic rings. The molecule has 4 rings (SSSR count). The second-order valence-electron chi connectivity index (χ2n) is 6.19. The maximum Gasteiger partial charge on any atom is 0.226 e. The van der Waals surface area contributed by atoms with Gasteiger partial charge in [0.1, 0.15) is 0 Å². The average molecular weight is 369 g/mol. The Kier molecular flexibility index (Phi) is 4.81. The standard InChI is InChI=1S/C19H19N3O3S/c23-16(7-8-17(24)22-9-11-25-12-10-22)20-19-21-18-14-4-2-1-3-13(14)5-6-15(18)26-19/h1-6H,7-12H2,(H,20,21,23). The summed E-state index contributed by atoms with van der Waals surface area (Å²) in [5, 5.41) is 5.59. The number of rotatable bonds is 4. The molecule has 0 unspecified atom stereocenters. The van der Waals surface area contributed by atoms with Gasteiger partial charge in [-0.2, -0.15) is 0 Å². The van der Waals surface area contributed by atoms with E-state index in [1.165, 1.54) is 11.3 Å². The number of amides is 2. The number of carbonyl (C=O) groups is 2. The monoisotopic (exact) mass is 369 g/mol. The predicted octanol–water partition coefficient (Wildman–Crippen LogP) is 3.03. The molecule has 2 amide bonds. The minimum Gasteiger partial charge on any atom is -0.378 e. The molecule has 2 heterocycles. The highest BCUT2D eigenvalue weighted by molar-refractivity contribution is 7.22. The zero-order valence-electron chi connectivity index (χ0n) is 14.2. The zero-order valence-corrected chi connectivity index (χ0v) is 15.1. The summed E-state index contributed by atoms with van der Waals surface area (Å²) in [5.74, 6) is -0.186. The molecule has 0 spiro atoms. The number of ether oxygens (including phenoxy) is 1. The van der Waals surface area contributed by atoms with Crippen LogP contribution in [-0.4, -0.2) is 48.0 Å². The normalized spacial score (nSPS) is 14.7. The first kappa shape index (κ1) is 16.9. The van der Waals surface area contributed by atoms with Crippen molar-refractivity contribution in [3.8, 4) is 0 Å². The number of fused-ring (bicyclic) bond motifs is 3. The van der Waals surface area contributed by atoms with E-state index in [1.807, 2.05) is 30.3 Å². The van der Waals surface area contributed by atoms with Crippen molar-refractivity contribution in [3.63, 3.8) is 0 Å². The fourth-order valence-electron chi connectivity index (χ4n) is 3.09.